The largest absolute Gasteiger partial charge is 0.399 e. The molecular weight excluding hydrogens is 278 g/mol. The number of hydrogen-bond donors (Lipinski definition) is 3. The Labute approximate surface area is 129 Å². The van der Waals surface area contributed by atoms with Gasteiger partial charge in [-0.2, -0.15) is 4.98 Å². The van der Waals surface area contributed by atoms with E-state index >= 15 is 0 Å². The van der Waals surface area contributed by atoms with Crippen molar-refractivity contribution in [3.05, 3.63) is 30.0 Å². The number of aromatic nitrogens is 2. The lowest BCUT2D eigenvalue weighted by Crippen LogP contribution is -2.18. The summed E-state index contributed by atoms with van der Waals surface area (Å²) >= 11 is 0. The predicted molar refractivity (Wildman–Crippen MR) is 87.7 cm³/mol. The molecule has 0 saturated heterocycles. The summed E-state index contributed by atoms with van der Waals surface area (Å²) in [6, 6.07) is 7.44. The van der Waals surface area contributed by atoms with Gasteiger partial charge in [0.2, 0.25) is 5.95 Å². The third-order valence-electron chi connectivity index (χ3n) is 4.05. The molecule has 0 aliphatic heterocycles. The van der Waals surface area contributed by atoms with Gasteiger partial charge in [0.05, 0.1) is 12.3 Å². The van der Waals surface area contributed by atoms with Gasteiger partial charge >= 0.3 is 0 Å². The number of rotatable bonds is 5. The summed E-state index contributed by atoms with van der Waals surface area (Å²) < 4.78 is 5.79. The first kappa shape index (κ1) is 14.6. The van der Waals surface area contributed by atoms with Crippen LogP contribution < -0.4 is 17.2 Å². The van der Waals surface area contributed by atoms with Gasteiger partial charge in [0.1, 0.15) is 5.82 Å². The molecule has 6 N–H and O–H groups in total. The molecule has 0 radical (unpaired) electrons. The van der Waals surface area contributed by atoms with Gasteiger partial charge in [-0.15, -0.1) is 0 Å². The first-order chi connectivity index (χ1) is 10.6. The second-order valence-corrected chi connectivity index (χ2v) is 5.72. The van der Waals surface area contributed by atoms with Crippen LogP contribution in [0.25, 0.3) is 11.1 Å². The third kappa shape index (κ3) is 3.12. The maximum atomic E-state index is 6.04. The van der Waals surface area contributed by atoms with E-state index in [1.165, 1.54) is 19.3 Å². The van der Waals surface area contributed by atoms with Crippen molar-refractivity contribution in [3.63, 3.8) is 0 Å². The SMILES string of the molecule is Nc1ccc(-c2c(N)nc(N)nc2COCC2CCC2)cc1. The molecule has 0 bridgehead atoms. The zero-order chi connectivity index (χ0) is 15.5. The highest BCUT2D eigenvalue weighted by Gasteiger charge is 2.19. The van der Waals surface area contributed by atoms with Gasteiger partial charge in [-0.1, -0.05) is 18.6 Å². The van der Waals surface area contributed by atoms with Crippen molar-refractivity contribution in [1.29, 1.82) is 0 Å². The molecule has 116 valence electrons. The Bertz CT molecular complexity index is 652. The van der Waals surface area contributed by atoms with Crippen LogP contribution in [0.1, 0.15) is 25.0 Å². The Morgan fingerprint density at radius 2 is 1.77 bits per heavy atom. The second-order valence-electron chi connectivity index (χ2n) is 5.72. The van der Waals surface area contributed by atoms with Crippen molar-refractivity contribution in [3.8, 4) is 11.1 Å². The monoisotopic (exact) mass is 299 g/mol. The zero-order valence-corrected chi connectivity index (χ0v) is 12.5. The maximum absolute atomic E-state index is 6.04. The van der Waals surface area contributed by atoms with Gasteiger partial charge < -0.3 is 21.9 Å². The Balaban J connectivity index is 1.84. The van der Waals surface area contributed by atoms with Gasteiger partial charge in [0.15, 0.2) is 0 Å². The van der Waals surface area contributed by atoms with E-state index < -0.39 is 0 Å². The normalized spacial score (nSPS) is 14.7. The quantitative estimate of drug-likeness (QED) is 0.729. The van der Waals surface area contributed by atoms with E-state index in [1.807, 2.05) is 24.3 Å². The lowest BCUT2D eigenvalue weighted by molar-refractivity contribution is 0.0582. The lowest BCUT2D eigenvalue weighted by atomic mass is 9.86. The Kier molecular flexibility index (Phi) is 4.11. The number of anilines is 3. The molecule has 6 heteroatoms. The topological polar surface area (TPSA) is 113 Å². The van der Waals surface area contributed by atoms with E-state index in [4.69, 9.17) is 21.9 Å². The van der Waals surface area contributed by atoms with Gasteiger partial charge in [-0.25, -0.2) is 4.98 Å². The smallest absolute Gasteiger partial charge is 0.222 e. The van der Waals surface area contributed by atoms with E-state index in [0.717, 1.165) is 17.7 Å². The Morgan fingerprint density at radius 3 is 2.41 bits per heavy atom. The number of nitrogens with zero attached hydrogens (tertiary/aromatic N) is 2. The van der Waals surface area contributed by atoms with Crippen LogP contribution in [0.4, 0.5) is 17.5 Å². The summed E-state index contributed by atoms with van der Waals surface area (Å²) in [7, 11) is 0. The van der Waals surface area contributed by atoms with E-state index in [-0.39, 0.29) is 5.95 Å². The van der Waals surface area contributed by atoms with Crippen LogP contribution in [-0.2, 0) is 11.3 Å². The molecule has 0 atom stereocenters. The highest BCUT2D eigenvalue weighted by atomic mass is 16.5. The minimum absolute atomic E-state index is 0.166. The third-order valence-corrected chi connectivity index (χ3v) is 4.05. The molecular formula is C16H21N5O. The molecule has 0 amide bonds. The summed E-state index contributed by atoms with van der Waals surface area (Å²) in [5, 5.41) is 0. The maximum Gasteiger partial charge on any atom is 0.222 e. The lowest BCUT2D eigenvalue weighted by Gasteiger charge is -2.25. The standard InChI is InChI=1S/C16H21N5O/c17-12-6-4-11(5-7-12)14-13(20-16(19)21-15(14)18)9-22-8-10-2-1-3-10/h4-7,10H,1-3,8-9,17H2,(H4,18,19,20,21). The molecule has 1 aliphatic carbocycles. The van der Waals surface area contributed by atoms with Crippen LogP contribution in [0.3, 0.4) is 0 Å². The summed E-state index contributed by atoms with van der Waals surface area (Å²) in [6.07, 6.45) is 3.80. The molecule has 1 fully saturated rings. The molecule has 3 rings (SSSR count). The Hall–Kier alpha value is -2.34. The van der Waals surface area contributed by atoms with Crippen molar-refractivity contribution in [2.45, 2.75) is 25.9 Å². The van der Waals surface area contributed by atoms with Gasteiger partial charge in [0, 0.05) is 17.9 Å². The fourth-order valence-electron chi connectivity index (χ4n) is 2.60. The highest BCUT2D eigenvalue weighted by Crippen LogP contribution is 2.30. The number of nitrogens with two attached hydrogens (primary N) is 3. The number of nitrogen functional groups attached to an aromatic ring is 3. The number of hydrogen-bond acceptors (Lipinski definition) is 6. The van der Waals surface area contributed by atoms with Crippen LogP contribution in [0.2, 0.25) is 0 Å². The van der Waals surface area contributed by atoms with Crippen molar-refractivity contribution in [2.75, 3.05) is 23.8 Å². The summed E-state index contributed by atoms with van der Waals surface area (Å²) in [5.74, 6) is 1.20. The van der Waals surface area contributed by atoms with E-state index in [9.17, 15) is 0 Å². The van der Waals surface area contributed by atoms with Crippen LogP contribution >= 0.6 is 0 Å². The second kappa shape index (κ2) is 6.19. The van der Waals surface area contributed by atoms with Crippen molar-refractivity contribution >= 4 is 17.5 Å². The molecule has 0 spiro atoms. The van der Waals surface area contributed by atoms with Crippen LogP contribution in [0.15, 0.2) is 24.3 Å². The molecule has 0 unspecified atom stereocenters. The van der Waals surface area contributed by atoms with E-state index in [2.05, 4.69) is 9.97 Å². The summed E-state index contributed by atoms with van der Waals surface area (Å²) in [4.78, 5) is 8.37. The molecule has 22 heavy (non-hydrogen) atoms. The van der Waals surface area contributed by atoms with Gasteiger partial charge in [-0.05, 0) is 36.5 Å². The Morgan fingerprint density at radius 1 is 1.05 bits per heavy atom. The molecule has 1 aromatic heterocycles. The number of benzene rings is 1. The van der Waals surface area contributed by atoms with Crippen LogP contribution in [0, 0.1) is 5.92 Å². The van der Waals surface area contributed by atoms with Crippen LogP contribution in [0.5, 0.6) is 0 Å². The minimum atomic E-state index is 0.166. The molecule has 1 heterocycles. The van der Waals surface area contributed by atoms with Gasteiger partial charge in [0.25, 0.3) is 0 Å². The molecule has 1 aromatic carbocycles. The minimum Gasteiger partial charge on any atom is -0.399 e. The summed E-state index contributed by atoms with van der Waals surface area (Å²) in [5.41, 5.74) is 20.6. The van der Waals surface area contributed by atoms with Crippen LogP contribution in [-0.4, -0.2) is 16.6 Å². The average Bonchev–Trinajstić information content (AvgIpc) is 2.42. The average molecular weight is 299 g/mol. The number of ether oxygens (including phenoxy) is 1. The summed E-state index contributed by atoms with van der Waals surface area (Å²) in [6.45, 7) is 1.14. The molecule has 6 nitrogen and oxygen atoms in total. The fourth-order valence-corrected chi connectivity index (χ4v) is 2.60. The molecule has 1 aliphatic rings. The van der Waals surface area contributed by atoms with E-state index in [1.54, 1.807) is 0 Å². The first-order valence-electron chi connectivity index (χ1n) is 7.49. The predicted octanol–water partition coefficient (Wildman–Crippen LogP) is 2.21. The van der Waals surface area contributed by atoms with Gasteiger partial charge in [-0.3, -0.25) is 0 Å². The van der Waals surface area contributed by atoms with Crippen molar-refractivity contribution in [2.24, 2.45) is 5.92 Å². The van der Waals surface area contributed by atoms with Crippen molar-refractivity contribution in [1.82, 2.24) is 9.97 Å². The van der Waals surface area contributed by atoms with E-state index in [0.29, 0.717) is 29.7 Å². The molecule has 2 aromatic rings. The zero-order valence-electron chi connectivity index (χ0n) is 12.5. The first-order valence-corrected chi connectivity index (χ1v) is 7.49. The highest BCUT2D eigenvalue weighted by molar-refractivity contribution is 5.77. The van der Waals surface area contributed by atoms with Crippen molar-refractivity contribution < 1.29 is 4.74 Å². The fraction of sp³-hybridized carbons (Fsp3) is 0.375. The molecule has 1 saturated carbocycles.